The molecule has 1 amide bonds. The van der Waals surface area contributed by atoms with E-state index in [1.54, 1.807) is 11.6 Å². The maximum Gasteiger partial charge on any atom is 0.250 e. The van der Waals surface area contributed by atoms with Gasteiger partial charge in [0.05, 0.1) is 23.0 Å². The Morgan fingerprint density at radius 3 is 2.73 bits per heavy atom. The average molecular weight is 437 g/mol. The summed E-state index contributed by atoms with van der Waals surface area (Å²) in [6, 6.07) is 13.4. The normalized spacial score (nSPS) is 11.1. The number of anilines is 3. The Balaban J connectivity index is 1.42. The van der Waals surface area contributed by atoms with Crippen molar-refractivity contribution in [3.05, 3.63) is 47.8 Å². The number of fused-ring (bicyclic) bond motifs is 2. The van der Waals surface area contributed by atoms with Crippen molar-refractivity contribution in [2.75, 3.05) is 17.7 Å². The topological polar surface area (TPSA) is 93.4 Å². The number of hydrogen-bond acceptors (Lipinski definition) is 8. The van der Waals surface area contributed by atoms with Gasteiger partial charge in [0, 0.05) is 23.6 Å². The SMILES string of the molecule is COc1ccc2nc(Nc3nc4scc(-c5ccc(NC(C)=O)cc5)n4n3)sc2c1. The van der Waals surface area contributed by atoms with Crippen LogP contribution in [0.15, 0.2) is 47.8 Å². The molecule has 10 heteroatoms. The van der Waals surface area contributed by atoms with Gasteiger partial charge in [0.1, 0.15) is 5.75 Å². The molecule has 3 aromatic heterocycles. The van der Waals surface area contributed by atoms with E-state index in [-0.39, 0.29) is 5.91 Å². The van der Waals surface area contributed by atoms with E-state index in [1.807, 2.05) is 47.8 Å². The van der Waals surface area contributed by atoms with E-state index in [0.29, 0.717) is 5.95 Å². The molecule has 0 saturated carbocycles. The van der Waals surface area contributed by atoms with Crippen molar-refractivity contribution in [3.8, 4) is 17.0 Å². The molecule has 2 N–H and O–H groups in total. The number of benzene rings is 2. The number of carbonyl (C=O) groups excluding carboxylic acids is 1. The lowest BCUT2D eigenvalue weighted by atomic mass is 10.1. The van der Waals surface area contributed by atoms with E-state index < -0.39 is 0 Å². The molecule has 0 fully saturated rings. The van der Waals surface area contributed by atoms with Gasteiger partial charge in [-0.25, -0.2) is 9.50 Å². The first-order valence-corrected chi connectivity index (χ1v) is 10.7. The van der Waals surface area contributed by atoms with Crippen molar-refractivity contribution in [3.63, 3.8) is 0 Å². The predicted molar refractivity (Wildman–Crippen MR) is 120 cm³/mol. The number of aromatic nitrogens is 4. The zero-order chi connectivity index (χ0) is 20.7. The van der Waals surface area contributed by atoms with E-state index in [4.69, 9.17) is 4.74 Å². The molecule has 30 heavy (non-hydrogen) atoms. The highest BCUT2D eigenvalue weighted by atomic mass is 32.1. The summed E-state index contributed by atoms with van der Waals surface area (Å²) in [5.74, 6) is 1.19. The summed E-state index contributed by atoms with van der Waals surface area (Å²) in [5, 5.41) is 13.3. The first-order chi connectivity index (χ1) is 14.6. The van der Waals surface area contributed by atoms with Crippen LogP contribution in [0.25, 0.3) is 26.4 Å². The summed E-state index contributed by atoms with van der Waals surface area (Å²) in [6.45, 7) is 1.49. The summed E-state index contributed by atoms with van der Waals surface area (Å²) in [7, 11) is 1.65. The molecule has 0 aliphatic carbocycles. The van der Waals surface area contributed by atoms with Gasteiger partial charge >= 0.3 is 0 Å². The standard InChI is InChI=1S/C20H16N6O2S2/c1-11(27)21-13-5-3-12(4-6-13)16-10-29-20-24-18(25-26(16)20)23-19-22-15-8-7-14(28-2)9-17(15)30-19/h3-10H,1-2H3,(H,21,27)(H,22,23,25). The quantitative estimate of drug-likeness (QED) is 0.412. The van der Waals surface area contributed by atoms with Crippen LogP contribution in [-0.2, 0) is 4.79 Å². The number of methoxy groups -OCH3 is 1. The smallest absolute Gasteiger partial charge is 0.250 e. The number of carbonyl (C=O) groups is 1. The van der Waals surface area contributed by atoms with Gasteiger partial charge in [-0.3, -0.25) is 10.1 Å². The van der Waals surface area contributed by atoms with Crippen LogP contribution in [0, 0.1) is 0 Å². The molecule has 0 unspecified atom stereocenters. The lowest BCUT2D eigenvalue weighted by Gasteiger charge is -2.03. The third kappa shape index (κ3) is 3.46. The van der Waals surface area contributed by atoms with Crippen molar-refractivity contribution < 1.29 is 9.53 Å². The maximum absolute atomic E-state index is 11.2. The van der Waals surface area contributed by atoms with Gasteiger partial charge in [0.15, 0.2) is 5.13 Å². The Morgan fingerprint density at radius 2 is 1.97 bits per heavy atom. The van der Waals surface area contributed by atoms with Crippen LogP contribution in [0.5, 0.6) is 5.75 Å². The first-order valence-electron chi connectivity index (χ1n) is 9.03. The average Bonchev–Trinajstić information content (AvgIpc) is 3.41. The van der Waals surface area contributed by atoms with Crippen LogP contribution < -0.4 is 15.4 Å². The largest absolute Gasteiger partial charge is 0.497 e. The minimum Gasteiger partial charge on any atom is -0.497 e. The third-order valence-corrected chi connectivity index (χ3v) is 6.15. The fraction of sp³-hybridized carbons (Fsp3) is 0.100. The van der Waals surface area contributed by atoms with E-state index in [0.717, 1.165) is 43.0 Å². The Morgan fingerprint density at radius 1 is 1.13 bits per heavy atom. The second-order valence-electron chi connectivity index (χ2n) is 6.49. The molecule has 0 aliphatic rings. The van der Waals surface area contributed by atoms with Crippen LogP contribution in [-0.4, -0.2) is 32.6 Å². The van der Waals surface area contributed by atoms with E-state index in [2.05, 4.69) is 25.7 Å². The number of rotatable bonds is 5. The Bertz CT molecular complexity index is 1370. The van der Waals surface area contributed by atoms with Gasteiger partial charge in [0.2, 0.25) is 16.8 Å². The molecule has 5 aromatic rings. The van der Waals surface area contributed by atoms with Crippen LogP contribution in [0.3, 0.4) is 0 Å². The van der Waals surface area contributed by atoms with Gasteiger partial charge in [-0.1, -0.05) is 23.5 Å². The Hall–Kier alpha value is -3.50. The molecule has 3 heterocycles. The molecule has 0 atom stereocenters. The zero-order valence-electron chi connectivity index (χ0n) is 16.0. The van der Waals surface area contributed by atoms with Crippen molar-refractivity contribution in [1.82, 2.24) is 19.6 Å². The predicted octanol–water partition coefficient (Wildman–Crippen LogP) is 4.78. The van der Waals surface area contributed by atoms with Crippen molar-refractivity contribution >= 4 is 60.5 Å². The third-order valence-electron chi connectivity index (χ3n) is 4.40. The van der Waals surface area contributed by atoms with Crippen LogP contribution in [0.2, 0.25) is 0 Å². The first kappa shape index (κ1) is 18.5. The monoisotopic (exact) mass is 436 g/mol. The van der Waals surface area contributed by atoms with Gasteiger partial charge in [0.25, 0.3) is 0 Å². The number of ether oxygens (including phenoxy) is 1. The van der Waals surface area contributed by atoms with Crippen molar-refractivity contribution in [2.45, 2.75) is 6.92 Å². The molecule has 8 nitrogen and oxygen atoms in total. The summed E-state index contributed by atoms with van der Waals surface area (Å²) >= 11 is 3.03. The van der Waals surface area contributed by atoms with Crippen LogP contribution in [0.4, 0.5) is 16.8 Å². The van der Waals surface area contributed by atoms with Gasteiger partial charge in [-0.2, -0.15) is 4.98 Å². The molecule has 0 bridgehead atoms. The number of hydrogen-bond donors (Lipinski definition) is 2. The second kappa shape index (κ2) is 7.39. The number of nitrogens with zero attached hydrogens (tertiary/aromatic N) is 4. The summed E-state index contributed by atoms with van der Waals surface area (Å²) < 4.78 is 8.10. The van der Waals surface area contributed by atoms with Crippen LogP contribution >= 0.6 is 22.7 Å². The molecule has 0 spiro atoms. The summed E-state index contributed by atoms with van der Waals surface area (Å²) in [6.07, 6.45) is 0. The maximum atomic E-state index is 11.2. The molecule has 0 saturated heterocycles. The fourth-order valence-electron chi connectivity index (χ4n) is 3.04. The molecular weight excluding hydrogens is 420 g/mol. The lowest BCUT2D eigenvalue weighted by molar-refractivity contribution is -0.114. The molecular formula is C20H16N6O2S2. The minimum absolute atomic E-state index is 0.0963. The number of thiazole rings is 2. The van der Waals surface area contributed by atoms with Gasteiger partial charge in [-0.05, 0) is 30.3 Å². The van der Waals surface area contributed by atoms with E-state index >= 15 is 0 Å². The summed E-state index contributed by atoms with van der Waals surface area (Å²) in [5.41, 5.74) is 3.56. The minimum atomic E-state index is -0.0963. The molecule has 0 aliphatic heterocycles. The molecule has 150 valence electrons. The summed E-state index contributed by atoms with van der Waals surface area (Å²) in [4.78, 5) is 21.1. The Kier molecular flexibility index (Phi) is 4.57. The Labute approximate surface area is 179 Å². The van der Waals surface area contributed by atoms with Crippen LogP contribution in [0.1, 0.15) is 6.92 Å². The van der Waals surface area contributed by atoms with E-state index in [9.17, 15) is 4.79 Å². The lowest BCUT2D eigenvalue weighted by Crippen LogP contribution is -2.05. The molecule has 2 aromatic carbocycles. The van der Waals surface area contributed by atoms with Crippen molar-refractivity contribution in [1.29, 1.82) is 0 Å². The highest BCUT2D eigenvalue weighted by Crippen LogP contribution is 2.31. The highest BCUT2D eigenvalue weighted by Gasteiger charge is 2.13. The molecule has 5 rings (SSSR count). The molecule has 0 radical (unpaired) electrons. The number of nitrogens with one attached hydrogen (secondary N) is 2. The zero-order valence-corrected chi connectivity index (χ0v) is 17.7. The van der Waals surface area contributed by atoms with E-state index in [1.165, 1.54) is 29.6 Å². The van der Waals surface area contributed by atoms with Gasteiger partial charge in [-0.15, -0.1) is 16.4 Å². The fourth-order valence-corrected chi connectivity index (χ4v) is 4.76. The highest BCUT2D eigenvalue weighted by molar-refractivity contribution is 7.22. The second-order valence-corrected chi connectivity index (χ2v) is 8.35. The van der Waals surface area contributed by atoms with Gasteiger partial charge < -0.3 is 10.1 Å². The van der Waals surface area contributed by atoms with Crippen molar-refractivity contribution in [2.24, 2.45) is 0 Å². The number of amides is 1.